The monoisotopic (exact) mass is 612 g/mol. The van der Waals surface area contributed by atoms with E-state index in [2.05, 4.69) is 0 Å². The number of Topliss-reactive ketones (excluding diaryl/α,β-unsaturated/α-hetero) is 1. The fourth-order valence-corrected chi connectivity index (χ4v) is 4.91. The predicted octanol–water partition coefficient (Wildman–Crippen LogP) is 9.20. The van der Waals surface area contributed by atoms with Crippen molar-refractivity contribution in [3.05, 3.63) is 101 Å². The van der Waals surface area contributed by atoms with Crippen LogP contribution < -0.4 is 4.74 Å². The fourth-order valence-electron chi connectivity index (χ4n) is 4.91. The minimum absolute atomic E-state index is 0.00902. The molecule has 4 atom stereocenters. The number of rotatable bonds is 17. The van der Waals surface area contributed by atoms with Gasteiger partial charge in [-0.05, 0) is 97.6 Å². The molecule has 2 aromatic carbocycles. The number of carbonyl (C=O) groups is 1. The number of carbonyl (C=O) groups excluding carboxylic acids is 1. The molecule has 0 fully saturated rings. The SMILES string of the molecule is C/C=C/C(F)(F)Oc1ccc(/C(=C/C(=C/CCC)C(=O)C(C)[C@H](C)C(C)C(O)CO)CC/C=C(\C)c2cccc(F)c2)cc1. The average Bonchev–Trinajstić information content (AvgIpc) is 3.00. The molecule has 4 nitrogen and oxygen atoms in total. The summed E-state index contributed by atoms with van der Waals surface area (Å²) in [5.41, 5.74) is 3.82. The molecule has 0 bridgehead atoms. The van der Waals surface area contributed by atoms with E-state index in [1.54, 1.807) is 18.2 Å². The average molecular weight is 613 g/mol. The Morgan fingerprint density at radius 3 is 2.27 bits per heavy atom. The van der Waals surface area contributed by atoms with Crippen molar-refractivity contribution in [3.63, 3.8) is 0 Å². The first-order valence-electron chi connectivity index (χ1n) is 15.3. The Labute approximate surface area is 260 Å². The van der Waals surface area contributed by atoms with Gasteiger partial charge in [-0.25, -0.2) is 4.39 Å². The second-order valence-electron chi connectivity index (χ2n) is 11.4. The van der Waals surface area contributed by atoms with Gasteiger partial charge in [0.2, 0.25) is 0 Å². The molecule has 2 N–H and O–H groups in total. The topological polar surface area (TPSA) is 66.8 Å². The van der Waals surface area contributed by atoms with Crippen LogP contribution in [-0.2, 0) is 4.79 Å². The molecular weight excluding hydrogens is 565 g/mol. The molecule has 44 heavy (non-hydrogen) atoms. The molecule has 0 spiro atoms. The Morgan fingerprint density at radius 1 is 1.00 bits per heavy atom. The summed E-state index contributed by atoms with van der Waals surface area (Å²) >= 11 is 0. The molecule has 0 aliphatic carbocycles. The van der Waals surface area contributed by atoms with Gasteiger partial charge in [0.05, 0.1) is 12.7 Å². The number of aliphatic hydroxyl groups excluding tert-OH is 2. The van der Waals surface area contributed by atoms with E-state index in [1.165, 1.54) is 37.3 Å². The summed E-state index contributed by atoms with van der Waals surface area (Å²) in [6, 6.07) is 12.7. The zero-order valence-electron chi connectivity index (χ0n) is 26.7. The highest BCUT2D eigenvalue weighted by molar-refractivity contribution is 6.01. The number of alkyl halides is 2. The zero-order valence-corrected chi connectivity index (χ0v) is 26.7. The van der Waals surface area contributed by atoms with Gasteiger partial charge in [0, 0.05) is 17.6 Å². The lowest BCUT2D eigenvalue weighted by Gasteiger charge is -2.28. The van der Waals surface area contributed by atoms with E-state index >= 15 is 0 Å². The number of ketones is 1. The molecule has 240 valence electrons. The first-order valence-corrected chi connectivity index (χ1v) is 15.3. The standard InChI is InChI=1S/C37H47F3O4/c1-7-9-13-32(36(43)28(6)26(4)27(5)35(42)24-41)22-31(15-10-12-25(3)30-14-11-16-33(38)23-30)29-17-19-34(20-18-29)44-37(39,40)21-8-2/h8,11-14,16-23,26-28,35,41-42H,7,9-10,15,24H2,1-6H3/b21-8+,25-12+,31-22+,32-13-/t26-,27?,28?,35?/m1/s1. The lowest BCUT2D eigenvalue weighted by Crippen LogP contribution is -2.33. The Bertz CT molecular complexity index is 1320. The molecule has 0 saturated carbocycles. The van der Waals surface area contributed by atoms with Crippen molar-refractivity contribution in [2.24, 2.45) is 17.8 Å². The highest BCUT2D eigenvalue weighted by atomic mass is 19.3. The molecule has 0 heterocycles. The fraction of sp³-hybridized carbons (Fsp3) is 0.432. The quantitative estimate of drug-likeness (QED) is 0.106. The van der Waals surface area contributed by atoms with Gasteiger partial charge < -0.3 is 14.9 Å². The van der Waals surface area contributed by atoms with Crippen molar-refractivity contribution in [2.45, 2.75) is 79.4 Å². The summed E-state index contributed by atoms with van der Waals surface area (Å²) < 4.78 is 46.6. The van der Waals surface area contributed by atoms with Crippen LogP contribution in [0.5, 0.6) is 5.75 Å². The molecule has 3 unspecified atom stereocenters. The molecule has 0 amide bonds. The summed E-state index contributed by atoms with van der Waals surface area (Å²) in [6.45, 7) is 10.6. The van der Waals surface area contributed by atoms with Crippen LogP contribution in [0.1, 0.15) is 78.4 Å². The van der Waals surface area contributed by atoms with Gasteiger partial charge in [-0.1, -0.05) is 76.6 Å². The smallest absolute Gasteiger partial charge is 0.419 e. The van der Waals surface area contributed by atoms with Crippen LogP contribution in [0.2, 0.25) is 0 Å². The first-order chi connectivity index (χ1) is 20.8. The van der Waals surface area contributed by atoms with Gasteiger partial charge in [-0.2, -0.15) is 8.78 Å². The highest BCUT2D eigenvalue weighted by Gasteiger charge is 2.30. The van der Waals surface area contributed by atoms with Crippen molar-refractivity contribution >= 4 is 16.9 Å². The Hall–Kier alpha value is -3.42. The van der Waals surface area contributed by atoms with E-state index in [0.29, 0.717) is 30.9 Å². The van der Waals surface area contributed by atoms with Crippen LogP contribution in [-0.4, -0.2) is 34.8 Å². The molecule has 0 aliphatic heterocycles. The maximum Gasteiger partial charge on any atom is 0.419 e. The number of hydrogen-bond acceptors (Lipinski definition) is 4. The van der Waals surface area contributed by atoms with E-state index < -0.39 is 18.1 Å². The Kier molecular flexibility index (Phi) is 14.8. The predicted molar refractivity (Wildman–Crippen MR) is 173 cm³/mol. The summed E-state index contributed by atoms with van der Waals surface area (Å²) in [6.07, 6.45) is 5.98. The van der Waals surface area contributed by atoms with Crippen molar-refractivity contribution in [3.8, 4) is 5.75 Å². The minimum Gasteiger partial charge on any atom is -0.429 e. The van der Waals surface area contributed by atoms with Crippen molar-refractivity contribution in [1.29, 1.82) is 0 Å². The minimum atomic E-state index is -3.44. The molecule has 0 aromatic heterocycles. The van der Waals surface area contributed by atoms with Crippen molar-refractivity contribution in [1.82, 2.24) is 0 Å². The number of aliphatic hydroxyl groups is 2. The summed E-state index contributed by atoms with van der Waals surface area (Å²) in [7, 11) is 0. The van der Waals surface area contributed by atoms with Crippen molar-refractivity contribution < 1.29 is 32.9 Å². The molecule has 2 rings (SSSR count). The Morgan fingerprint density at radius 2 is 1.68 bits per heavy atom. The molecule has 0 aliphatic rings. The van der Waals surface area contributed by atoms with Crippen LogP contribution in [0, 0.1) is 23.6 Å². The second kappa shape index (κ2) is 17.8. The zero-order chi connectivity index (χ0) is 32.9. The van der Waals surface area contributed by atoms with Crippen LogP contribution >= 0.6 is 0 Å². The lowest BCUT2D eigenvalue weighted by molar-refractivity contribution is -0.131. The van der Waals surface area contributed by atoms with Gasteiger partial charge in [-0.15, -0.1) is 0 Å². The number of ether oxygens (including phenoxy) is 1. The largest absolute Gasteiger partial charge is 0.429 e. The first kappa shape index (κ1) is 36.8. The maximum atomic E-state index is 14.0. The van der Waals surface area contributed by atoms with E-state index in [-0.39, 0.29) is 35.8 Å². The summed E-state index contributed by atoms with van der Waals surface area (Å²) in [4.78, 5) is 13.8. The second-order valence-corrected chi connectivity index (χ2v) is 11.4. The molecule has 0 saturated heterocycles. The highest BCUT2D eigenvalue weighted by Crippen LogP contribution is 2.31. The normalized spacial score (nSPS) is 16.1. The third kappa shape index (κ3) is 11.3. The summed E-state index contributed by atoms with van der Waals surface area (Å²) in [5.74, 6) is -1.29. The molecular formula is C37H47F3O4. The van der Waals surface area contributed by atoms with Crippen LogP contribution in [0.25, 0.3) is 11.1 Å². The van der Waals surface area contributed by atoms with Gasteiger partial charge >= 0.3 is 6.11 Å². The number of unbranched alkanes of at least 4 members (excludes halogenated alkanes) is 1. The molecule has 0 radical (unpaired) electrons. The van der Waals surface area contributed by atoms with Crippen molar-refractivity contribution in [2.75, 3.05) is 6.61 Å². The number of halogens is 3. The summed E-state index contributed by atoms with van der Waals surface area (Å²) in [5, 5.41) is 19.6. The van der Waals surface area contributed by atoms with E-state index in [0.717, 1.165) is 28.7 Å². The van der Waals surface area contributed by atoms with Gasteiger partial charge in [0.1, 0.15) is 11.6 Å². The van der Waals surface area contributed by atoms with Crippen LogP contribution in [0.3, 0.4) is 0 Å². The molecule has 2 aromatic rings. The number of hydrogen-bond donors (Lipinski definition) is 2. The van der Waals surface area contributed by atoms with Gasteiger partial charge in [0.25, 0.3) is 0 Å². The molecule has 7 heteroatoms. The maximum absolute atomic E-state index is 14.0. The van der Waals surface area contributed by atoms with E-state index in [4.69, 9.17) is 4.74 Å². The van der Waals surface area contributed by atoms with Gasteiger partial charge in [-0.3, -0.25) is 4.79 Å². The lowest BCUT2D eigenvalue weighted by atomic mass is 9.78. The Balaban J connectivity index is 2.49. The third-order valence-electron chi connectivity index (χ3n) is 8.08. The van der Waals surface area contributed by atoms with Crippen LogP contribution in [0.4, 0.5) is 13.2 Å². The number of benzene rings is 2. The third-order valence-corrected chi connectivity index (χ3v) is 8.08. The van der Waals surface area contributed by atoms with Crippen LogP contribution in [0.15, 0.2) is 84.5 Å². The van der Waals surface area contributed by atoms with E-state index in [9.17, 15) is 28.2 Å². The van der Waals surface area contributed by atoms with Gasteiger partial charge in [0.15, 0.2) is 5.78 Å². The number of allylic oxidation sites excluding steroid dienone is 7. The van der Waals surface area contributed by atoms with E-state index in [1.807, 2.05) is 58.9 Å².